The van der Waals surface area contributed by atoms with Crippen molar-refractivity contribution in [3.63, 3.8) is 0 Å². The maximum atomic E-state index is 12.5. The molecule has 2 N–H and O–H groups in total. The molecule has 0 heterocycles. The Morgan fingerprint density at radius 1 is 0.893 bits per heavy atom. The van der Waals surface area contributed by atoms with Crippen LogP contribution in [0.4, 0.5) is 5.69 Å². The third-order valence-electron chi connectivity index (χ3n) is 3.77. The summed E-state index contributed by atoms with van der Waals surface area (Å²) in [6, 6.07) is 21.6. The van der Waals surface area contributed by atoms with Crippen molar-refractivity contribution >= 4 is 62.2 Å². The van der Waals surface area contributed by atoms with Crippen LogP contribution < -0.4 is 10.7 Å². The van der Waals surface area contributed by atoms with Crippen LogP contribution in [0.3, 0.4) is 0 Å². The lowest BCUT2D eigenvalue weighted by molar-refractivity contribution is 0.0956. The Morgan fingerprint density at radius 2 is 1.61 bits per heavy atom. The molecule has 7 heteroatoms. The predicted molar refractivity (Wildman–Crippen MR) is 123 cm³/mol. The third kappa shape index (κ3) is 5.26. The summed E-state index contributed by atoms with van der Waals surface area (Å²) < 4.78 is 1.75. The van der Waals surface area contributed by atoms with Crippen molar-refractivity contribution in [2.24, 2.45) is 5.10 Å². The van der Waals surface area contributed by atoms with Gasteiger partial charge in [0.15, 0.2) is 0 Å². The summed E-state index contributed by atoms with van der Waals surface area (Å²) in [6.45, 7) is 0. The van der Waals surface area contributed by atoms with Gasteiger partial charge in [-0.25, -0.2) is 5.43 Å². The molecule has 0 radical (unpaired) electrons. The summed E-state index contributed by atoms with van der Waals surface area (Å²) in [5.74, 6) is -0.722. The number of amides is 2. The highest BCUT2D eigenvalue weighted by Gasteiger charge is 2.15. The number of nitrogens with one attached hydrogen (secondary N) is 2. The van der Waals surface area contributed by atoms with Gasteiger partial charge in [-0.05, 0) is 80.5 Å². The van der Waals surface area contributed by atoms with Gasteiger partial charge in [-0.2, -0.15) is 5.10 Å². The van der Waals surface area contributed by atoms with Gasteiger partial charge in [-0.3, -0.25) is 9.59 Å². The van der Waals surface area contributed by atoms with E-state index < -0.39 is 5.91 Å². The second kappa shape index (κ2) is 9.61. The normalized spacial score (nSPS) is 10.6. The Morgan fingerprint density at radius 3 is 2.36 bits per heavy atom. The molecule has 0 unspecified atom stereocenters. The first kappa shape index (κ1) is 20.2. The average Bonchev–Trinajstić information content (AvgIpc) is 2.68. The summed E-state index contributed by atoms with van der Waals surface area (Å²) >= 11 is 5.57. The average molecular weight is 548 g/mol. The summed E-state index contributed by atoms with van der Waals surface area (Å²) in [4.78, 5) is 25.1. The van der Waals surface area contributed by atoms with Gasteiger partial charge in [0.25, 0.3) is 11.8 Å². The number of carbonyl (C=O) groups is 2. The summed E-state index contributed by atoms with van der Waals surface area (Å²) in [5, 5.41) is 6.78. The van der Waals surface area contributed by atoms with Gasteiger partial charge >= 0.3 is 0 Å². The molecule has 0 aliphatic heterocycles. The fourth-order valence-electron chi connectivity index (χ4n) is 2.44. The van der Waals surface area contributed by atoms with Crippen molar-refractivity contribution in [1.29, 1.82) is 0 Å². The fourth-order valence-corrected chi connectivity index (χ4v) is 3.47. The first-order valence-corrected chi connectivity index (χ1v) is 10.2. The van der Waals surface area contributed by atoms with E-state index in [1.165, 1.54) is 0 Å². The quantitative estimate of drug-likeness (QED) is 0.266. The van der Waals surface area contributed by atoms with E-state index in [0.717, 1.165) is 9.13 Å². The van der Waals surface area contributed by atoms with Gasteiger partial charge < -0.3 is 5.32 Å². The Hall–Kier alpha value is -2.52. The van der Waals surface area contributed by atoms with Crippen LogP contribution in [0.1, 0.15) is 26.3 Å². The Labute approximate surface area is 184 Å². The number of hydrazone groups is 1. The molecule has 0 bridgehead atoms. The second-order valence-corrected chi connectivity index (χ2v) is 7.83. The number of hydrogen-bond acceptors (Lipinski definition) is 3. The molecule has 0 aromatic heterocycles. The largest absolute Gasteiger partial charge is 0.321 e. The topological polar surface area (TPSA) is 70.6 Å². The molecule has 140 valence electrons. The Bertz CT molecular complexity index is 1050. The molecule has 0 saturated carbocycles. The van der Waals surface area contributed by atoms with Crippen LogP contribution in [0, 0.1) is 3.57 Å². The fraction of sp³-hybridized carbons (Fsp3) is 0. The van der Waals surface area contributed by atoms with Crippen LogP contribution in [0.25, 0.3) is 0 Å². The van der Waals surface area contributed by atoms with E-state index >= 15 is 0 Å². The predicted octanol–water partition coefficient (Wildman–Crippen LogP) is 5.07. The number of benzene rings is 3. The van der Waals surface area contributed by atoms with Gasteiger partial charge in [0.2, 0.25) is 0 Å². The van der Waals surface area contributed by atoms with E-state index in [2.05, 4.69) is 54.4 Å². The van der Waals surface area contributed by atoms with Crippen LogP contribution in [0.2, 0.25) is 0 Å². The maximum Gasteiger partial charge on any atom is 0.273 e. The highest BCUT2D eigenvalue weighted by Crippen LogP contribution is 2.20. The van der Waals surface area contributed by atoms with Crippen molar-refractivity contribution in [2.75, 3.05) is 5.32 Å². The molecule has 3 aromatic rings. The number of rotatable bonds is 5. The van der Waals surface area contributed by atoms with Crippen molar-refractivity contribution in [2.45, 2.75) is 0 Å². The Balaban J connectivity index is 1.73. The first-order valence-electron chi connectivity index (χ1n) is 8.28. The molecule has 0 fully saturated rings. The monoisotopic (exact) mass is 547 g/mol. The van der Waals surface area contributed by atoms with Crippen molar-refractivity contribution < 1.29 is 9.59 Å². The van der Waals surface area contributed by atoms with Crippen LogP contribution >= 0.6 is 38.5 Å². The molecular weight excluding hydrogens is 533 g/mol. The number of nitrogens with zero attached hydrogens (tertiary/aromatic N) is 1. The minimum atomic E-state index is -0.412. The maximum absolute atomic E-state index is 12.5. The number of anilines is 1. The zero-order chi connectivity index (χ0) is 19.9. The molecule has 0 spiro atoms. The third-order valence-corrected chi connectivity index (χ3v) is 5.13. The van der Waals surface area contributed by atoms with Crippen molar-refractivity contribution in [3.05, 3.63) is 97.5 Å². The molecule has 3 aromatic carbocycles. The zero-order valence-corrected chi connectivity index (χ0v) is 18.3. The minimum absolute atomic E-state index is 0.310. The van der Waals surface area contributed by atoms with Gasteiger partial charge in [0, 0.05) is 8.04 Å². The number of para-hydroxylation sites is 1. The molecule has 28 heavy (non-hydrogen) atoms. The van der Waals surface area contributed by atoms with Gasteiger partial charge in [-0.1, -0.05) is 36.4 Å². The van der Waals surface area contributed by atoms with Crippen LogP contribution in [0.15, 0.2) is 82.4 Å². The standard InChI is InChI=1S/C21H15BrIN3O2/c22-18-10-3-1-8-16(18)20(27)25-19-11-4-2-9-17(19)21(28)26-24-13-14-6-5-7-15(23)12-14/h1-13H,(H,25,27)(H,26,28)/b24-13-. The van der Waals surface area contributed by atoms with Crippen molar-refractivity contribution in [1.82, 2.24) is 5.43 Å². The highest BCUT2D eigenvalue weighted by atomic mass is 127. The summed E-state index contributed by atoms with van der Waals surface area (Å²) in [5.41, 5.74) is 4.59. The molecule has 0 aliphatic carbocycles. The number of hydrogen-bond donors (Lipinski definition) is 2. The summed E-state index contributed by atoms with van der Waals surface area (Å²) in [6.07, 6.45) is 1.57. The van der Waals surface area contributed by atoms with E-state index in [1.54, 1.807) is 48.7 Å². The SMILES string of the molecule is O=C(Nc1ccccc1C(=O)N/N=C\c1cccc(I)c1)c1ccccc1Br. The van der Waals surface area contributed by atoms with E-state index in [4.69, 9.17) is 0 Å². The van der Waals surface area contributed by atoms with Crippen LogP contribution in [-0.2, 0) is 0 Å². The first-order chi connectivity index (χ1) is 13.5. The lowest BCUT2D eigenvalue weighted by Gasteiger charge is -2.10. The van der Waals surface area contributed by atoms with Crippen LogP contribution in [-0.4, -0.2) is 18.0 Å². The van der Waals surface area contributed by atoms with E-state index in [-0.39, 0.29) is 5.91 Å². The highest BCUT2D eigenvalue weighted by molar-refractivity contribution is 14.1. The lowest BCUT2D eigenvalue weighted by atomic mass is 10.1. The summed E-state index contributed by atoms with van der Waals surface area (Å²) in [7, 11) is 0. The van der Waals surface area contributed by atoms with Gasteiger partial charge in [-0.15, -0.1) is 0 Å². The molecule has 3 rings (SSSR count). The zero-order valence-electron chi connectivity index (χ0n) is 14.5. The smallest absolute Gasteiger partial charge is 0.273 e. The Kier molecular flexibility index (Phi) is 6.94. The van der Waals surface area contributed by atoms with E-state index in [9.17, 15) is 9.59 Å². The van der Waals surface area contributed by atoms with Gasteiger partial charge in [0.05, 0.1) is 23.0 Å². The van der Waals surface area contributed by atoms with E-state index in [0.29, 0.717) is 21.3 Å². The number of halogens is 2. The van der Waals surface area contributed by atoms with E-state index in [1.807, 2.05) is 30.3 Å². The molecule has 2 amide bonds. The molecule has 0 atom stereocenters. The second-order valence-electron chi connectivity index (χ2n) is 5.73. The van der Waals surface area contributed by atoms with Gasteiger partial charge in [0.1, 0.15) is 0 Å². The van der Waals surface area contributed by atoms with Crippen molar-refractivity contribution in [3.8, 4) is 0 Å². The molecular formula is C21H15BrIN3O2. The molecule has 0 aliphatic rings. The van der Waals surface area contributed by atoms with Crippen LogP contribution in [0.5, 0.6) is 0 Å². The number of carbonyl (C=O) groups excluding carboxylic acids is 2. The molecule has 0 saturated heterocycles. The lowest BCUT2D eigenvalue weighted by Crippen LogP contribution is -2.21. The molecule has 5 nitrogen and oxygen atoms in total. The minimum Gasteiger partial charge on any atom is -0.321 e.